The molecule has 0 saturated carbocycles. The molecule has 1 aromatic carbocycles. The van der Waals surface area contributed by atoms with E-state index in [-0.39, 0.29) is 4.90 Å². The molecular formula is C15H20ClNO3S. The number of nitrogens with zero attached hydrogens (tertiary/aromatic N) is 1. The SMILES string of the molecule is Cc1cc(C)c(OCCCC(C)(C)C#N)c(S(=O)(=O)Cl)c1. The summed E-state index contributed by atoms with van der Waals surface area (Å²) in [5, 5.41) is 8.95. The van der Waals surface area contributed by atoms with Gasteiger partial charge in [-0.05, 0) is 57.7 Å². The van der Waals surface area contributed by atoms with E-state index in [1.54, 1.807) is 13.8 Å². The van der Waals surface area contributed by atoms with Crippen molar-refractivity contribution in [3.63, 3.8) is 0 Å². The van der Waals surface area contributed by atoms with Gasteiger partial charge >= 0.3 is 0 Å². The Morgan fingerprint density at radius 1 is 1.33 bits per heavy atom. The molecule has 6 heteroatoms. The summed E-state index contributed by atoms with van der Waals surface area (Å²) in [6, 6.07) is 5.57. The quantitative estimate of drug-likeness (QED) is 0.585. The van der Waals surface area contributed by atoms with Crippen molar-refractivity contribution >= 4 is 19.7 Å². The standard InChI is InChI=1S/C15H20ClNO3S/c1-11-8-12(2)14(13(9-11)21(16,18)19)20-7-5-6-15(3,4)10-17/h8-9H,5-7H2,1-4H3. The fraction of sp³-hybridized carbons (Fsp3) is 0.533. The van der Waals surface area contributed by atoms with E-state index < -0.39 is 14.5 Å². The van der Waals surface area contributed by atoms with E-state index in [1.807, 2.05) is 19.9 Å². The summed E-state index contributed by atoms with van der Waals surface area (Å²) in [6.07, 6.45) is 1.34. The van der Waals surface area contributed by atoms with Crippen LogP contribution in [0.3, 0.4) is 0 Å². The highest BCUT2D eigenvalue weighted by molar-refractivity contribution is 8.13. The second kappa shape index (κ2) is 6.67. The molecule has 0 unspecified atom stereocenters. The molecule has 1 aromatic rings. The van der Waals surface area contributed by atoms with Gasteiger partial charge in [0.2, 0.25) is 0 Å². The summed E-state index contributed by atoms with van der Waals surface area (Å²) in [5.74, 6) is 0.297. The van der Waals surface area contributed by atoms with Crippen molar-refractivity contribution in [3.05, 3.63) is 23.3 Å². The van der Waals surface area contributed by atoms with E-state index in [2.05, 4.69) is 6.07 Å². The third-order valence-electron chi connectivity index (χ3n) is 3.14. The van der Waals surface area contributed by atoms with Crippen molar-refractivity contribution in [1.29, 1.82) is 5.26 Å². The van der Waals surface area contributed by atoms with Crippen molar-refractivity contribution in [3.8, 4) is 11.8 Å². The Bertz CT molecular complexity index is 660. The van der Waals surface area contributed by atoms with Gasteiger partial charge in [0.25, 0.3) is 9.05 Å². The first-order chi connectivity index (χ1) is 9.57. The highest BCUT2D eigenvalue weighted by atomic mass is 35.7. The van der Waals surface area contributed by atoms with Crippen LogP contribution in [0.5, 0.6) is 5.75 Å². The largest absolute Gasteiger partial charge is 0.492 e. The van der Waals surface area contributed by atoms with Gasteiger partial charge in [0.15, 0.2) is 0 Å². The van der Waals surface area contributed by atoms with Crippen LogP contribution in [0.2, 0.25) is 0 Å². The van der Waals surface area contributed by atoms with Crippen LogP contribution in [0.25, 0.3) is 0 Å². The molecule has 0 heterocycles. The number of ether oxygens (including phenoxy) is 1. The number of hydrogen-bond donors (Lipinski definition) is 0. The average molecular weight is 330 g/mol. The van der Waals surface area contributed by atoms with E-state index in [1.165, 1.54) is 6.07 Å². The molecule has 0 aliphatic rings. The maximum absolute atomic E-state index is 11.6. The first-order valence-corrected chi connectivity index (χ1v) is 8.98. The Hall–Kier alpha value is -1.25. The van der Waals surface area contributed by atoms with Gasteiger partial charge in [-0.15, -0.1) is 0 Å². The third kappa shape index (κ3) is 5.22. The van der Waals surface area contributed by atoms with Crippen LogP contribution in [0.1, 0.15) is 37.8 Å². The highest BCUT2D eigenvalue weighted by Gasteiger charge is 2.20. The van der Waals surface area contributed by atoms with Crippen molar-refractivity contribution in [2.45, 2.75) is 45.4 Å². The van der Waals surface area contributed by atoms with E-state index in [4.69, 9.17) is 20.7 Å². The van der Waals surface area contributed by atoms with Gasteiger partial charge in [0.05, 0.1) is 18.1 Å². The topological polar surface area (TPSA) is 67.2 Å². The second-order valence-electron chi connectivity index (χ2n) is 5.79. The van der Waals surface area contributed by atoms with E-state index >= 15 is 0 Å². The Balaban J connectivity index is 2.88. The van der Waals surface area contributed by atoms with Crippen LogP contribution in [0.4, 0.5) is 0 Å². The molecule has 0 radical (unpaired) electrons. The number of nitriles is 1. The third-order valence-corrected chi connectivity index (χ3v) is 4.47. The molecule has 116 valence electrons. The lowest BCUT2D eigenvalue weighted by atomic mass is 9.90. The summed E-state index contributed by atoms with van der Waals surface area (Å²) in [4.78, 5) is 0.00112. The Kier molecular flexibility index (Phi) is 5.66. The summed E-state index contributed by atoms with van der Waals surface area (Å²) in [7, 11) is 1.61. The van der Waals surface area contributed by atoms with Crippen LogP contribution < -0.4 is 4.74 Å². The second-order valence-corrected chi connectivity index (χ2v) is 8.33. The molecule has 0 spiro atoms. The summed E-state index contributed by atoms with van der Waals surface area (Å²) >= 11 is 0. The fourth-order valence-corrected chi connectivity index (χ4v) is 3.14. The van der Waals surface area contributed by atoms with E-state index in [0.29, 0.717) is 25.2 Å². The predicted octanol–water partition coefficient (Wildman–Crippen LogP) is 3.94. The number of benzene rings is 1. The molecule has 0 aliphatic carbocycles. The minimum atomic E-state index is -3.85. The molecule has 0 bridgehead atoms. The van der Waals surface area contributed by atoms with Crippen molar-refractivity contribution < 1.29 is 13.2 Å². The number of aryl methyl sites for hydroxylation is 2. The van der Waals surface area contributed by atoms with Crippen molar-refractivity contribution in [1.82, 2.24) is 0 Å². The molecule has 4 nitrogen and oxygen atoms in total. The molecule has 21 heavy (non-hydrogen) atoms. The zero-order valence-corrected chi connectivity index (χ0v) is 14.3. The lowest BCUT2D eigenvalue weighted by molar-refractivity contribution is 0.276. The molecule has 0 aromatic heterocycles. The molecule has 0 amide bonds. The first-order valence-electron chi connectivity index (χ1n) is 6.67. The van der Waals surface area contributed by atoms with E-state index in [0.717, 1.165) is 11.1 Å². The first kappa shape index (κ1) is 17.8. The summed E-state index contributed by atoms with van der Waals surface area (Å²) < 4.78 is 28.9. The Morgan fingerprint density at radius 3 is 2.48 bits per heavy atom. The number of halogens is 1. The van der Waals surface area contributed by atoms with Crippen LogP contribution in [0, 0.1) is 30.6 Å². The predicted molar refractivity (Wildman–Crippen MR) is 83.1 cm³/mol. The van der Waals surface area contributed by atoms with Crippen LogP contribution in [-0.2, 0) is 9.05 Å². The number of rotatable bonds is 6. The van der Waals surface area contributed by atoms with Crippen molar-refractivity contribution in [2.75, 3.05) is 6.61 Å². The van der Waals surface area contributed by atoms with Gasteiger partial charge in [-0.1, -0.05) is 6.07 Å². The normalized spacial score (nSPS) is 12.0. The minimum absolute atomic E-state index is 0.00112. The van der Waals surface area contributed by atoms with Crippen molar-refractivity contribution in [2.24, 2.45) is 5.41 Å². The highest BCUT2D eigenvalue weighted by Crippen LogP contribution is 2.32. The van der Waals surface area contributed by atoms with Crippen LogP contribution >= 0.6 is 10.7 Å². The van der Waals surface area contributed by atoms with Gasteiger partial charge in [-0.25, -0.2) is 8.42 Å². The summed E-state index contributed by atoms with van der Waals surface area (Å²) in [6.45, 7) is 7.65. The van der Waals surface area contributed by atoms with Gasteiger partial charge in [-0.3, -0.25) is 0 Å². The lowest BCUT2D eigenvalue weighted by Crippen LogP contribution is -2.11. The van der Waals surface area contributed by atoms with Gasteiger partial charge in [0, 0.05) is 10.7 Å². The van der Waals surface area contributed by atoms with Gasteiger partial charge in [0.1, 0.15) is 10.6 Å². The maximum atomic E-state index is 11.6. The molecule has 0 N–H and O–H groups in total. The molecule has 0 atom stereocenters. The maximum Gasteiger partial charge on any atom is 0.265 e. The minimum Gasteiger partial charge on any atom is -0.492 e. The van der Waals surface area contributed by atoms with Crippen LogP contribution in [0.15, 0.2) is 17.0 Å². The fourth-order valence-electron chi connectivity index (χ4n) is 2.03. The number of hydrogen-bond acceptors (Lipinski definition) is 4. The zero-order valence-electron chi connectivity index (χ0n) is 12.7. The Morgan fingerprint density at radius 2 is 1.95 bits per heavy atom. The zero-order chi connectivity index (χ0) is 16.3. The summed E-state index contributed by atoms with van der Waals surface area (Å²) in [5.41, 5.74) is 1.13. The van der Waals surface area contributed by atoms with Crippen LogP contribution in [-0.4, -0.2) is 15.0 Å². The molecule has 1 rings (SSSR count). The molecular weight excluding hydrogens is 310 g/mol. The Labute approximate surface area is 131 Å². The smallest absolute Gasteiger partial charge is 0.265 e. The van der Waals surface area contributed by atoms with E-state index in [9.17, 15) is 8.42 Å². The molecule has 0 aliphatic heterocycles. The average Bonchev–Trinajstić information content (AvgIpc) is 2.34. The monoisotopic (exact) mass is 329 g/mol. The molecule has 0 saturated heterocycles. The lowest BCUT2D eigenvalue weighted by Gasteiger charge is -2.17. The van der Waals surface area contributed by atoms with Gasteiger partial charge in [-0.2, -0.15) is 5.26 Å². The van der Waals surface area contributed by atoms with Gasteiger partial charge < -0.3 is 4.74 Å². The molecule has 0 fully saturated rings.